The zero-order valence-corrected chi connectivity index (χ0v) is 9.64. The van der Waals surface area contributed by atoms with Crippen molar-refractivity contribution in [3.8, 4) is 0 Å². The first-order valence-electron chi connectivity index (χ1n) is 2.43. The second-order valence-electron chi connectivity index (χ2n) is 1.42. The molecule has 0 aliphatic heterocycles. The topological polar surface area (TPSA) is 155 Å². The third-order valence-electron chi connectivity index (χ3n) is 0.368. The molecule has 0 atom stereocenters. The van der Waals surface area contributed by atoms with E-state index in [1.807, 2.05) is 0 Å². The summed E-state index contributed by atoms with van der Waals surface area (Å²) < 4.78 is 34.1. The van der Waals surface area contributed by atoms with Crippen molar-refractivity contribution in [2.45, 2.75) is 0 Å². The maximum absolute atomic E-state index is 9.55. The van der Waals surface area contributed by atoms with Gasteiger partial charge in [0.15, 0.2) is 0 Å². The molecule has 8 nitrogen and oxygen atoms in total. The molecule has 0 saturated heterocycles. The molecule has 0 rings (SSSR count). The van der Waals surface area contributed by atoms with Crippen LogP contribution in [0.1, 0.15) is 0 Å². The van der Waals surface area contributed by atoms with Crippen LogP contribution in [0.15, 0.2) is 12.2 Å². The molecule has 2 N–H and O–H groups in total. The quantitative estimate of drug-likeness (QED) is 0.265. The summed E-state index contributed by atoms with van der Waals surface area (Å²) in [6, 6.07) is 0. The van der Waals surface area contributed by atoms with Crippen LogP contribution in [0.2, 0.25) is 0 Å². The molecule has 90 valence electrons. The molecule has 15 heavy (non-hydrogen) atoms. The van der Waals surface area contributed by atoms with Crippen LogP contribution < -0.4 is 0 Å². The third kappa shape index (κ3) is 86.7. The van der Waals surface area contributed by atoms with Crippen molar-refractivity contribution < 1.29 is 71.5 Å². The molecule has 0 unspecified atom stereocenters. The zero-order chi connectivity index (χ0) is 11.1. The second-order valence-corrected chi connectivity index (χ2v) is 2.23. The summed E-state index contributed by atoms with van der Waals surface area (Å²) in [5, 5.41) is 15.6. The van der Waals surface area contributed by atoms with Crippen LogP contribution in [-0.4, -0.2) is 39.7 Å². The Morgan fingerprint density at radius 1 is 1.00 bits per heavy atom. The van der Waals surface area contributed by atoms with E-state index in [0.717, 1.165) is 0 Å². The Bertz CT molecular complexity index is 283. The minimum atomic E-state index is -5.17. The van der Waals surface area contributed by atoms with Crippen LogP contribution in [0.25, 0.3) is 0 Å². The van der Waals surface area contributed by atoms with E-state index in [1.165, 1.54) is 0 Å². The summed E-state index contributed by atoms with van der Waals surface area (Å²) in [6.07, 6.45) is 1.12. The standard InChI is InChI=1S/C4H4O4.2Fe.H2O4S/c5-3(6)1-2-4(7)8;;;1-5(2,3)4/h1-2H,(H,5,6)(H,7,8);;;(H2,1,2,3,4)/q;;+2;/p-2/b2-1+;;;. The summed E-state index contributed by atoms with van der Waals surface area (Å²) >= 11 is 0. The van der Waals surface area contributed by atoms with E-state index in [0.29, 0.717) is 12.2 Å². The summed E-state index contributed by atoms with van der Waals surface area (Å²) in [5.74, 6) is -2.51. The van der Waals surface area contributed by atoms with Gasteiger partial charge in [-0.2, -0.15) is 0 Å². The molecule has 11 heteroatoms. The van der Waals surface area contributed by atoms with E-state index >= 15 is 0 Å². The van der Waals surface area contributed by atoms with Gasteiger partial charge in [0.25, 0.3) is 0 Å². The number of carboxylic acids is 2. The molecule has 0 saturated carbocycles. The number of hydrogen-bond donors (Lipinski definition) is 2. The minimum absolute atomic E-state index is 0. The molecule has 0 fully saturated rings. The largest absolute Gasteiger partial charge is 2.00 e. The van der Waals surface area contributed by atoms with Crippen molar-refractivity contribution in [3.05, 3.63) is 12.2 Å². The Balaban J connectivity index is -0.0000000770. The van der Waals surface area contributed by atoms with Gasteiger partial charge in [-0.1, -0.05) is 0 Å². The van der Waals surface area contributed by atoms with Crippen LogP contribution in [0.4, 0.5) is 0 Å². The van der Waals surface area contributed by atoms with Gasteiger partial charge in [-0.3, -0.25) is 8.42 Å². The van der Waals surface area contributed by atoms with E-state index < -0.39 is 22.3 Å². The second kappa shape index (κ2) is 11.7. The van der Waals surface area contributed by atoms with Gasteiger partial charge in [-0.15, -0.1) is 0 Å². The number of hydrogen-bond acceptors (Lipinski definition) is 6. The van der Waals surface area contributed by atoms with Crippen LogP contribution in [0, 0.1) is 0 Å². The fourth-order valence-electron chi connectivity index (χ4n) is 0.143. The fraction of sp³-hybridized carbons (Fsp3) is 0. The summed E-state index contributed by atoms with van der Waals surface area (Å²) in [4.78, 5) is 19.1. The maximum atomic E-state index is 9.55. The van der Waals surface area contributed by atoms with Crippen LogP contribution in [0.5, 0.6) is 0 Å². The predicted molar refractivity (Wildman–Crippen MR) is 34.9 cm³/mol. The van der Waals surface area contributed by atoms with Crippen molar-refractivity contribution in [2.75, 3.05) is 0 Å². The van der Waals surface area contributed by atoms with Crippen LogP contribution >= 0.6 is 0 Å². The fourth-order valence-corrected chi connectivity index (χ4v) is 0.143. The Morgan fingerprint density at radius 2 is 1.13 bits per heavy atom. The van der Waals surface area contributed by atoms with Gasteiger partial charge in [-0.25, -0.2) is 9.59 Å². The molecule has 0 amide bonds. The minimum Gasteiger partial charge on any atom is -0.759 e. The summed E-state index contributed by atoms with van der Waals surface area (Å²) in [5.41, 5.74) is 0. The zero-order valence-electron chi connectivity index (χ0n) is 6.61. The Morgan fingerprint density at radius 3 is 1.20 bits per heavy atom. The van der Waals surface area contributed by atoms with E-state index in [1.54, 1.807) is 0 Å². The maximum Gasteiger partial charge on any atom is 2.00 e. The van der Waals surface area contributed by atoms with Gasteiger partial charge < -0.3 is 19.3 Å². The molecule has 0 aromatic rings. The van der Waals surface area contributed by atoms with Gasteiger partial charge in [0, 0.05) is 39.6 Å². The first kappa shape index (κ1) is 24.0. The van der Waals surface area contributed by atoms with Gasteiger partial charge in [-0.05, 0) is 0 Å². The monoisotopic (exact) mass is 324 g/mol. The van der Waals surface area contributed by atoms with Gasteiger partial charge in [0.05, 0.1) is 0 Å². The molecule has 0 aliphatic rings. The van der Waals surface area contributed by atoms with Crippen LogP contribution in [-0.2, 0) is 54.1 Å². The van der Waals surface area contributed by atoms with Crippen molar-refractivity contribution in [3.63, 3.8) is 0 Å². The molecular weight excluding hydrogens is 320 g/mol. The van der Waals surface area contributed by atoms with Gasteiger partial charge in [0.2, 0.25) is 0 Å². The van der Waals surface area contributed by atoms with Crippen molar-refractivity contribution in [1.29, 1.82) is 0 Å². The van der Waals surface area contributed by atoms with Crippen molar-refractivity contribution >= 4 is 22.3 Å². The predicted octanol–water partition coefficient (Wildman–Crippen LogP) is -1.63. The van der Waals surface area contributed by atoms with E-state index in [9.17, 15) is 9.59 Å². The van der Waals surface area contributed by atoms with Crippen molar-refractivity contribution in [2.24, 2.45) is 0 Å². The molecule has 0 aromatic heterocycles. The molecule has 0 aliphatic carbocycles. The Kier molecular flexibility index (Phi) is 18.7. The van der Waals surface area contributed by atoms with Gasteiger partial charge >= 0.3 is 29.0 Å². The summed E-state index contributed by atoms with van der Waals surface area (Å²) in [7, 11) is -5.17. The average molecular weight is 324 g/mol. The van der Waals surface area contributed by atoms with Gasteiger partial charge in [0.1, 0.15) is 0 Å². The smallest absolute Gasteiger partial charge is 0.759 e. The molecule has 0 bridgehead atoms. The number of rotatable bonds is 2. The Hall–Kier alpha value is -0.411. The average Bonchev–Trinajstić information content (AvgIpc) is 1.79. The molecular formula is C4H4Fe2O8S. The number of carbonyl (C=O) groups is 2. The summed E-state index contributed by atoms with van der Waals surface area (Å²) in [6.45, 7) is 0. The normalized spacial score (nSPS) is 8.93. The van der Waals surface area contributed by atoms with E-state index in [2.05, 4.69) is 0 Å². The number of carboxylic acid groups (broad SMARTS) is 2. The SMILES string of the molecule is O=C(O)/C=C/C(=O)O.O=S(=O)([O-])[O-].[Fe+2].[Fe]. The molecule has 0 heterocycles. The van der Waals surface area contributed by atoms with Crippen LogP contribution in [0.3, 0.4) is 0 Å². The third-order valence-corrected chi connectivity index (χ3v) is 0.368. The molecule has 0 aromatic carbocycles. The first-order valence-corrected chi connectivity index (χ1v) is 3.77. The van der Waals surface area contributed by atoms with E-state index in [4.69, 9.17) is 27.7 Å². The van der Waals surface area contributed by atoms with Crippen molar-refractivity contribution in [1.82, 2.24) is 0 Å². The first-order chi connectivity index (χ1) is 5.63. The number of aliphatic carboxylic acids is 2. The Labute approximate surface area is 106 Å². The molecule has 0 radical (unpaired) electrons. The van der Waals surface area contributed by atoms with E-state index in [-0.39, 0.29) is 34.1 Å². The molecule has 0 spiro atoms.